The van der Waals surface area contributed by atoms with Gasteiger partial charge >= 0.3 is 0 Å². The fourth-order valence-corrected chi connectivity index (χ4v) is 1.53. The Kier molecular flexibility index (Phi) is 4.23. The number of hydrogen-bond acceptors (Lipinski definition) is 3. The molecule has 0 aliphatic heterocycles. The van der Waals surface area contributed by atoms with E-state index in [1.807, 2.05) is 0 Å². The molecule has 0 bridgehead atoms. The van der Waals surface area contributed by atoms with Crippen LogP contribution in [0.15, 0.2) is 16.6 Å². The highest BCUT2D eigenvalue weighted by atomic mass is 79.9. The fourth-order valence-electron chi connectivity index (χ4n) is 1.22. The zero-order valence-corrected chi connectivity index (χ0v) is 9.80. The number of ether oxygens (including phenoxy) is 1. The third-order valence-corrected chi connectivity index (χ3v) is 2.54. The molecule has 0 saturated carbocycles. The van der Waals surface area contributed by atoms with Crippen molar-refractivity contribution in [1.29, 1.82) is 0 Å². The Hall–Kier alpha value is -0.940. The molecule has 0 spiro atoms. The number of methoxy groups -OCH3 is 1. The Morgan fingerprint density at radius 2 is 2.27 bits per heavy atom. The largest absolute Gasteiger partial charge is 0.493 e. The van der Waals surface area contributed by atoms with E-state index in [-0.39, 0.29) is 34.5 Å². The first-order chi connectivity index (χ1) is 7.11. The topological polar surface area (TPSA) is 52.3 Å². The minimum atomic E-state index is -0.569. The maximum absolute atomic E-state index is 13.5. The molecule has 0 aromatic heterocycles. The second-order valence-corrected chi connectivity index (χ2v) is 3.76. The van der Waals surface area contributed by atoms with Crippen molar-refractivity contribution >= 4 is 21.7 Å². The quantitative estimate of drug-likeness (QED) is 0.857. The number of nitrogens with two attached hydrogens (primary N) is 1. The second kappa shape index (κ2) is 5.23. The van der Waals surface area contributed by atoms with Crippen molar-refractivity contribution in [2.75, 3.05) is 13.7 Å². The molecule has 2 N–H and O–H groups in total. The van der Waals surface area contributed by atoms with Gasteiger partial charge in [-0.1, -0.05) is 0 Å². The normalized spacial score (nSPS) is 10.1. The first kappa shape index (κ1) is 12.1. The fraction of sp³-hybridized carbons (Fsp3) is 0.300. The van der Waals surface area contributed by atoms with Crippen molar-refractivity contribution in [3.05, 3.63) is 28.0 Å². The summed E-state index contributed by atoms with van der Waals surface area (Å²) in [5.74, 6) is -0.830. The summed E-state index contributed by atoms with van der Waals surface area (Å²) in [7, 11) is 1.32. The van der Waals surface area contributed by atoms with Crippen LogP contribution in [-0.4, -0.2) is 19.4 Å². The molecular weight excluding hydrogens is 265 g/mol. The Morgan fingerprint density at radius 1 is 1.60 bits per heavy atom. The molecule has 3 nitrogen and oxygen atoms in total. The SMILES string of the molecule is COc1c(C(=O)CCN)ccc(Br)c1F. The molecule has 0 amide bonds. The van der Waals surface area contributed by atoms with E-state index in [2.05, 4.69) is 15.9 Å². The van der Waals surface area contributed by atoms with Crippen molar-refractivity contribution in [2.45, 2.75) is 6.42 Å². The van der Waals surface area contributed by atoms with E-state index in [0.717, 1.165) is 0 Å². The summed E-state index contributed by atoms with van der Waals surface area (Å²) < 4.78 is 18.6. The maximum Gasteiger partial charge on any atom is 0.179 e. The van der Waals surface area contributed by atoms with Crippen molar-refractivity contribution in [3.8, 4) is 5.75 Å². The first-order valence-corrected chi connectivity index (χ1v) is 5.16. The molecule has 82 valence electrons. The maximum atomic E-state index is 13.5. The minimum Gasteiger partial charge on any atom is -0.493 e. The predicted octanol–water partition coefficient (Wildman–Crippen LogP) is 2.13. The van der Waals surface area contributed by atoms with Gasteiger partial charge in [-0.15, -0.1) is 0 Å². The Labute approximate surface area is 95.5 Å². The van der Waals surface area contributed by atoms with Crippen molar-refractivity contribution in [3.63, 3.8) is 0 Å². The van der Waals surface area contributed by atoms with E-state index in [1.165, 1.54) is 19.2 Å². The third-order valence-electron chi connectivity index (χ3n) is 1.93. The summed E-state index contributed by atoms with van der Waals surface area (Å²) in [5.41, 5.74) is 5.49. The molecule has 0 saturated heterocycles. The smallest absolute Gasteiger partial charge is 0.179 e. The van der Waals surface area contributed by atoms with Gasteiger partial charge in [-0.2, -0.15) is 0 Å². The van der Waals surface area contributed by atoms with Gasteiger partial charge in [-0.05, 0) is 34.6 Å². The highest BCUT2D eigenvalue weighted by molar-refractivity contribution is 9.10. The highest BCUT2D eigenvalue weighted by Gasteiger charge is 2.17. The molecule has 5 heteroatoms. The summed E-state index contributed by atoms with van der Waals surface area (Å²) in [5, 5.41) is 0. The molecule has 15 heavy (non-hydrogen) atoms. The molecular formula is C10H11BrFNO2. The summed E-state index contributed by atoms with van der Waals surface area (Å²) in [6.07, 6.45) is 0.178. The lowest BCUT2D eigenvalue weighted by Gasteiger charge is -2.09. The van der Waals surface area contributed by atoms with E-state index in [4.69, 9.17) is 10.5 Å². The Bertz CT molecular complexity index is 382. The minimum absolute atomic E-state index is 0.0391. The molecule has 0 radical (unpaired) electrons. The lowest BCUT2D eigenvalue weighted by atomic mass is 10.1. The van der Waals surface area contributed by atoms with E-state index in [9.17, 15) is 9.18 Å². The predicted molar refractivity (Wildman–Crippen MR) is 58.7 cm³/mol. The van der Waals surface area contributed by atoms with Crippen LogP contribution in [0.2, 0.25) is 0 Å². The molecule has 0 unspecified atom stereocenters. The van der Waals surface area contributed by atoms with Crippen LogP contribution in [0.3, 0.4) is 0 Å². The third kappa shape index (κ3) is 2.54. The number of benzene rings is 1. The lowest BCUT2D eigenvalue weighted by molar-refractivity contribution is 0.0981. The molecule has 1 rings (SSSR count). The van der Waals surface area contributed by atoms with E-state index in [0.29, 0.717) is 0 Å². The van der Waals surface area contributed by atoms with Gasteiger partial charge in [0.2, 0.25) is 0 Å². The monoisotopic (exact) mass is 275 g/mol. The highest BCUT2D eigenvalue weighted by Crippen LogP contribution is 2.29. The zero-order valence-electron chi connectivity index (χ0n) is 8.22. The van der Waals surface area contributed by atoms with Crippen LogP contribution in [0.1, 0.15) is 16.8 Å². The van der Waals surface area contributed by atoms with Crippen LogP contribution in [-0.2, 0) is 0 Å². The van der Waals surface area contributed by atoms with Crippen molar-refractivity contribution in [1.82, 2.24) is 0 Å². The lowest BCUT2D eigenvalue weighted by Crippen LogP contribution is -2.10. The van der Waals surface area contributed by atoms with Gasteiger partial charge in [-0.25, -0.2) is 4.39 Å². The summed E-state index contributed by atoms with van der Waals surface area (Å²) in [6.45, 7) is 0.236. The van der Waals surface area contributed by atoms with Crippen LogP contribution in [0, 0.1) is 5.82 Å². The van der Waals surface area contributed by atoms with Crippen LogP contribution in [0.4, 0.5) is 4.39 Å². The number of hydrogen-bond donors (Lipinski definition) is 1. The molecule has 0 heterocycles. The number of carbonyl (C=O) groups excluding carboxylic acids is 1. The van der Waals surface area contributed by atoms with Crippen molar-refractivity contribution < 1.29 is 13.9 Å². The van der Waals surface area contributed by atoms with Crippen LogP contribution >= 0.6 is 15.9 Å². The molecule has 0 fully saturated rings. The van der Waals surface area contributed by atoms with Crippen LogP contribution in [0.25, 0.3) is 0 Å². The first-order valence-electron chi connectivity index (χ1n) is 4.37. The van der Waals surface area contributed by atoms with Crippen molar-refractivity contribution in [2.24, 2.45) is 5.73 Å². The van der Waals surface area contributed by atoms with Crippen LogP contribution < -0.4 is 10.5 Å². The van der Waals surface area contributed by atoms with Gasteiger partial charge in [-0.3, -0.25) is 4.79 Å². The van der Waals surface area contributed by atoms with Crippen LogP contribution in [0.5, 0.6) is 5.75 Å². The Balaban J connectivity index is 3.18. The molecule has 0 aliphatic rings. The average molecular weight is 276 g/mol. The van der Waals surface area contributed by atoms with Gasteiger partial charge < -0.3 is 10.5 Å². The summed E-state index contributed by atoms with van der Waals surface area (Å²) in [6, 6.07) is 2.99. The number of carbonyl (C=O) groups is 1. The average Bonchev–Trinajstić information content (AvgIpc) is 2.22. The molecule has 0 atom stereocenters. The zero-order chi connectivity index (χ0) is 11.4. The number of Topliss-reactive ketones (excluding diaryl/α,β-unsaturated/α-hetero) is 1. The van der Waals surface area contributed by atoms with E-state index < -0.39 is 5.82 Å². The standard InChI is InChI=1S/C10H11BrFNO2/c1-15-10-6(8(14)4-5-13)2-3-7(11)9(10)12/h2-3H,4-5,13H2,1H3. The van der Waals surface area contributed by atoms with E-state index in [1.54, 1.807) is 0 Å². The summed E-state index contributed by atoms with van der Waals surface area (Å²) in [4.78, 5) is 11.5. The molecule has 1 aromatic rings. The Morgan fingerprint density at radius 3 is 2.80 bits per heavy atom. The van der Waals surface area contributed by atoms with E-state index >= 15 is 0 Å². The number of rotatable bonds is 4. The van der Waals surface area contributed by atoms with Gasteiger partial charge in [0.15, 0.2) is 17.3 Å². The molecule has 0 aliphatic carbocycles. The van der Waals surface area contributed by atoms with Gasteiger partial charge in [0.25, 0.3) is 0 Å². The number of halogens is 2. The van der Waals surface area contributed by atoms with Gasteiger partial charge in [0, 0.05) is 6.42 Å². The second-order valence-electron chi connectivity index (χ2n) is 2.90. The molecule has 1 aromatic carbocycles. The van der Waals surface area contributed by atoms with Gasteiger partial charge in [0.05, 0.1) is 17.1 Å². The van der Waals surface area contributed by atoms with Gasteiger partial charge in [0.1, 0.15) is 0 Å². The summed E-state index contributed by atoms with van der Waals surface area (Å²) >= 11 is 3.02. The number of ketones is 1.